The molecule has 0 saturated carbocycles. The average molecular weight is 265 g/mol. The van der Waals surface area contributed by atoms with Crippen molar-refractivity contribution in [3.63, 3.8) is 0 Å². The van der Waals surface area contributed by atoms with Gasteiger partial charge in [-0.15, -0.1) is 0 Å². The molecule has 96 valence electrons. The highest BCUT2D eigenvalue weighted by atomic mass is 32.2. The summed E-state index contributed by atoms with van der Waals surface area (Å²) in [5, 5.41) is 12.1. The molecule has 0 unspecified atom stereocenters. The van der Waals surface area contributed by atoms with Crippen LogP contribution in [0.2, 0.25) is 0 Å². The maximum Gasteiger partial charge on any atom is 0.150 e. The number of sulfone groups is 1. The normalized spacial score (nSPS) is 19.1. The van der Waals surface area contributed by atoms with Gasteiger partial charge in [0.15, 0.2) is 0 Å². The van der Waals surface area contributed by atoms with Crippen molar-refractivity contribution in [3.05, 3.63) is 23.8 Å². The van der Waals surface area contributed by atoms with Gasteiger partial charge in [-0.2, -0.15) is 5.26 Å². The lowest BCUT2D eigenvalue weighted by molar-refractivity contribution is 0.559. The minimum absolute atomic E-state index is 0.102. The fourth-order valence-electron chi connectivity index (χ4n) is 2.04. The van der Waals surface area contributed by atoms with Gasteiger partial charge in [0.2, 0.25) is 0 Å². The molecule has 1 aromatic carbocycles. The number of nitriles is 1. The zero-order valence-corrected chi connectivity index (χ0v) is 10.7. The molecule has 0 atom stereocenters. The third kappa shape index (κ3) is 2.74. The van der Waals surface area contributed by atoms with Gasteiger partial charge in [-0.3, -0.25) is 0 Å². The molecule has 0 aromatic heterocycles. The lowest BCUT2D eigenvalue weighted by atomic mass is 10.1. The van der Waals surface area contributed by atoms with E-state index in [0.29, 0.717) is 29.8 Å². The fourth-order valence-corrected chi connectivity index (χ4v) is 3.53. The highest BCUT2D eigenvalue weighted by molar-refractivity contribution is 7.91. The number of nitrogens with zero attached hydrogens (tertiary/aromatic N) is 1. The molecule has 2 rings (SSSR count). The fraction of sp³-hybridized carbons (Fsp3) is 0.417. The van der Waals surface area contributed by atoms with Crippen LogP contribution < -0.4 is 11.1 Å². The first-order chi connectivity index (χ1) is 8.52. The van der Waals surface area contributed by atoms with Gasteiger partial charge in [-0.05, 0) is 25.0 Å². The van der Waals surface area contributed by atoms with Crippen LogP contribution in [0.15, 0.2) is 18.2 Å². The zero-order valence-electron chi connectivity index (χ0n) is 9.89. The van der Waals surface area contributed by atoms with Crippen LogP contribution >= 0.6 is 0 Å². The van der Waals surface area contributed by atoms with E-state index in [9.17, 15) is 8.42 Å². The lowest BCUT2D eigenvalue weighted by Crippen LogP contribution is -2.32. The van der Waals surface area contributed by atoms with E-state index in [2.05, 4.69) is 5.32 Å². The van der Waals surface area contributed by atoms with Crippen molar-refractivity contribution in [2.75, 3.05) is 22.6 Å². The van der Waals surface area contributed by atoms with E-state index in [-0.39, 0.29) is 17.5 Å². The highest BCUT2D eigenvalue weighted by Gasteiger charge is 2.23. The number of hydrogen-bond donors (Lipinski definition) is 2. The highest BCUT2D eigenvalue weighted by Crippen LogP contribution is 2.25. The van der Waals surface area contributed by atoms with Crippen molar-refractivity contribution >= 4 is 21.2 Å². The average Bonchev–Trinajstić information content (AvgIpc) is 2.34. The molecule has 0 bridgehead atoms. The van der Waals surface area contributed by atoms with Crippen LogP contribution in [0, 0.1) is 11.3 Å². The number of nitrogens with two attached hydrogens (primary N) is 1. The third-order valence-corrected chi connectivity index (χ3v) is 4.86. The largest absolute Gasteiger partial charge is 0.396 e. The predicted octanol–water partition coefficient (Wildman–Crippen LogP) is 1.13. The molecule has 3 N–H and O–H groups in total. The van der Waals surface area contributed by atoms with E-state index in [0.717, 1.165) is 0 Å². The molecule has 18 heavy (non-hydrogen) atoms. The van der Waals surface area contributed by atoms with Gasteiger partial charge >= 0.3 is 0 Å². The minimum atomic E-state index is -2.85. The van der Waals surface area contributed by atoms with Gasteiger partial charge in [0.1, 0.15) is 15.9 Å². The summed E-state index contributed by atoms with van der Waals surface area (Å²) < 4.78 is 22.6. The Morgan fingerprint density at radius 1 is 1.33 bits per heavy atom. The number of para-hydroxylation sites is 1. The van der Waals surface area contributed by atoms with Gasteiger partial charge in [0.25, 0.3) is 0 Å². The van der Waals surface area contributed by atoms with Crippen molar-refractivity contribution in [3.8, 4) is 6.07 Å². The molecule has 5 nitrogen and oxygen atoms in total. The predicted molar refractivity (Wildman–Crippen MR) is 70.9 cm³/mol. The summed E-state index contributed by atoms with van der Waals surface area (Å²) in [6.07, 6.45) is 1.16. The Morgan fingerprint density at radius 3 is 2.61 bits per heavy atom. The van der Waals surface area contributed by atoms with Crippen LogP contribution in [0.4, 0.5) is 11.4 Å². The maximum absolute atomic E-state index is 11.3. The number of nitrogens with one attached hydrogen (secondary N) is 1. The molecule has 0 spiro atoms. The summed E-state index contributed by atoms with van der Waals surface area (Å²) in [6.45, 7) is 0. The molecule has 1 aromatic rings. The van der Waals surface area contributed by atoms with Crippen LogP contribution in [-0.4, -0.2) is 26.0 Å². The molecule has 1 aliphatic heterocycles. The van der Waals surface area contributed by atoms with Gasteiger partial charge < -0.3 is 11.1 Å². The van der Waals surface area contributed by atoms with E-state index < -0.39 is 9.84 Å². The number of nitrogen functional groups attached to an aromatic ring is 1. The lowest BCUT2D eigenvalue weighted by Gasteiger charge is -2.24. The topological polar surface area (TPSA) is 96.0 Å². The quantitative estimate of drug-likeness (QED) is 0.781. The molecule has 1 aliphatic rings. The summed E-state index contributed by atoms with van der Waals surface area (Å²) in [6, 6.07) is 7.35. The van der Waals surface area contributed by atoms with E-state index in [1.54, 1.807) is 18.2 Å². The second-order valence-electron chi connectivity index (χ2n) is 4.45. The minimum Gasteiger partial charge on any atom is -0.396 e. The van der Waals surface area contributed by atoms with Crippen LogP contribution in [-0.2, 0) is 9.84 Å². The summed E-state index contributed by atoms with van der Waals surface area (Å²) in [5.41, 5.74) is 7.43. The van der Waals surface area contributed by atoms with Crippen LogP contribution in [0.1, 0.15) is 18.4 Å². The molecule has 1 saturated heterocycles. The second kappa shape index (κ2) is 4.86. The van der Waals surface area contributed by atoms with E-state index >= 15 is 0 Å². The Kier molecular flexibility index (Phi) is 3.43. The van der Waals surface area contributed by atoms with Crippen molar-refractivity contribution in [2.45, 2.75) is 18.9 Å². The van der Waals surface area contributed by atoms with E-state index in [1.165, 1.54) is 0 Å². The third-order valence-electron chi connectivity index (χ3n) is 3.14. The Morgan fingerprint density at radius 2 is 2.00 bits per heavy atom. The zero-order chi connectivity index (χ0) is 13.2. The SMILES string of the molecule is N#Cc1cccc(NC2CCS(=O)(=O)CC2)c1N. The van der Waals surface area contributed by atoms with Crippen molar-refractivity contribution < 1.29 is 8.42 Å². The molecule has 1 fully saturated rings. The second-order valence-corrected chi connectivity index (χ2v) is 6.75. The van der Waals surface area contributed by atoms with Crippen LogP contribution in [0.5, 0.6) is 0 Å². The molecular weight excluding hydrogens is 250 g/mol. The number of benzene rings is 1. The monoisotopic (exact) mass is 265 g/mol. The first kappa shape index (κ1) is 12.7. The first-order valence-electron chi connectivity index (χ1n) is 5.77. The summed E-state index contributed by atoms with van der Waals surface area (Å²) in [4.78, 5) is 0. The van der Waals surface area contributed by atoms with Gasteiger partial charge in [-0.25, -0.2) is 8.42 Å². The van der Waals surface area contributed by atoms with Gasteiger partial charge in [0.05, 0.1) is 28.4 Å². The number of rotatable bonds is 2. The summed E-state index contributed by atoms with van der Waals surface area (Å²) in [5.74, 6) is 0.422. The molecule has 0 amide bonds. The Hall–Kier alpha value is -1.74. The molecule has 0 radical (unpaired) electrons. The smallest absolute Gasteiger partial charge is 0.150 e. The first-order valence-corrected chi connectivity index (χ1v) is 7.59. The standard InChI is InChI=1S/C12H15N3O2S/c13-8-9-2-1-3-11(12(9)14)15-10-4-6-18(16,17)7-5-10/h1-3,10,15H,4-7,14H2. The Labute approximate surface area is 107 Å². The van der Waals surface area contributed by atoms with Gasteiger partial charge in [-0.1, -0.05) is 6.07 Å². The van der Waals surface area contributed by atoms with E-state index in [1.807, 2.05) is 6.07 Å². The molecule has 6 heteroatoms. The molecule has 0 aliphatic carbocycles. The van der Waals surface area contributed by atoms with E-state index in [4.69, 9.17) is 11.0 Å². The number of hydrogen-bond acceptors (Lipinski definition) is 5. The van der Waals surface area contributed by atoms with Crippen molar-refractivity contribution in [1.82, 2.24) is 0 Å². The summed E-state index contributed by atoms with van der Waals surface area (Å²) >= 11 is 0. The van der Waals surface area contributed by atoms with Gasteiger partial charge in [0, 0.05) is 6.04 Å². The Bertz CT molecular complexity index is 576. The summed E-state index contributed by atoms with van der Waals surface area (Å²) in [7, 11) is -2.85. The van der Waals surface area contributed by atoms with Crippen LogP contribution in [0.25, 0.3) is 0 Å². The molecule has 1 heterocycles. The number of anilines is 2. The molecular formula is C12H15N3O2S. The Balaban J connectivity index is 2.10. The van der Waals surface area contributed by atoms with Crippen molar-refractivity contribution in [2.24, 2.45) is 0 Å². The maximum atomic E-state index is 11.3. The van der Waals surface area contributed by atoms with Crippen LogP contribution in [0.3, 0.4) is 0 Å². The van der Waals surface area contributed by atoms with Crippen molar-refractivity contribution in [1.29, 1.82) is 5.26 Å².